The van der Waals surface area contributed by atoms with Gasteiger partial charge in [-0.2, -0.15) is 4.98 Å². The zero-order chi connectivity index (χ0) is 14.5. The molecule has 20 heavy (non-hydrogen) atoms. The van der Waals surface area contributed by atoms with E-state index in [1.54, 1.807) is 0 Å². The molecule has 2 atom stereocenters. The highest BCUT2D eigenvalue weighted by molar-refractivity contribution is 5.18. The lowest BCUT2D eigenvalue weighted by atomic mass is 9.92. The maximum atomic E-state index is 5.17. The van der Waals surface area contributed by atoms with E-state index in [0.29, 0.717) is 11.9 Å². The Morgan fingerprint density at radius 1 is 1.30 bits per heavy atom. The van der Waals surface area contributed by atoms with E-state index in [4.69, 9.17) is 4.52 Å². The Morgan fingerprint density at radius 3 is 2.60 bits per heavy atom. The molecule has 1 aliphatic rings. The molecule has 0 spiro atoms. The summed E-state index contributed by atoms with van der Waals surface area (Å²) in [5.74, 6) is 2.74. The van der Waals surface area contributed by atoms with E-state index < -0.39 is 0 Å². The van der Waals surface area contributed by atoms with Gasteiger partial charge in [0.15, 0.2) is 5.82 Å². The van der Waals surface area contributed by atoms with E-state index in [-0.39, 0.29) is 0 Å². The van der Waals surface area contributed by atoms with Crippen LogP contribution in [0.15, 0.2) is 4.52 Å². The predicted molar refractivity (Wildman–Crippen MR) is 80.9 cm³/mol. The van der Waals surface area contributed by atoms with Crippen molar-refractivity contribution in [1.82, 2.24) is 15.0 Å². The molecule has 2 heterocycles. The van der Waals surface area contributed by atoms with Gasteiger partial charge in [0.1, 0.15) is 0 Å². The third-order valence-electron chi connectivity index (χ3n) is 3.83. The van der Waals surface area contributed by atoms with Gasteiger partial charge in [0.2, 0.25) is 0 Å². The first-order chi connectivity index (χ1) is 9.54. The van der Waals surface area contributed by atoms with E-state index in [2.05, 4.69) is 48.1 Å². The fourth-order valence-corrected chi connectivity index (χ4v) is 3.01. The number of hydrogen-bond donors (Lipinski definition) is 1. The van der Waals surface area contributed by atoms with Crippen LogP contribution in [0.5, 0.6) is 0 Å². The van der Waals surface area contributed by atoms with E-state index in [1.807, 2.05) is 0 Å². The second kappa shape index (κ2) is 7.07. The van der Waals surface area contributed by atoms with Crippen LogP contribution in [0, 0.1) is 11.8 Å². The average molecular weight is 280 g/mol. The topological polar surface area (TPSA) is 54.2 Å². The number of anilines is 1. The molecule has 5 nitrogen and oxygen atoms in total. The van der Waals surface area contributed by atoms with Gasteiger partial charge >= 0.3 is 6.01 Å². The van der Waals surface area contributed by atoms with Gasteiger partial charge < -0.3 is 14.7 Å². The van der Waals surface area contributed by atoms with Gasteiger partial charge in [0.05, 0.1) is 0 Å². The van der Waals surface area contributed by atoms with Gasteiger partial charge in [-0.15, -0.1) is 0 Å². The standard InChI is InChI=1S/C15H28N4O/c1-11(2)14-17-15(20-18-14)16-6-5-7-19-9-12(3)8-13(4)10-19/h11-13H,5-10H2,1-4H3,(H,16,17,18). The predicted octanol–water partition coefficient (Wildman–Crippen LogP) is 2.97. The van der Waals surface area contributed by atoms with Crippen molar-refractivity contribution in [2.24, 2.45) is 11.8 Å². The number of piperidine rings is 1. The van der Waals surface area contributed by atoms with Gasteiger partial charge in [-0.05, 0) is 31.2 Å². The van der Waals surface area contributed by atoms with Gasteiger partial charge in [-0.25, -0.2) is 0 Å². The van der Waals surface area contributed by atoms with E-state index >= 15 is 0 Å². The molecule has 114 valence electrons. The summed E-state index contributed by atoms with van der Waals surface area (Å²) in [4.78, 5) is 6.89. The molecule has 0 aliphatic carbocycles. The van der Waals surface area contributed by atoms with Crippen LogP contribution in [0.25, 0.3) is 0 Å². The Hall–Kier alpha value is -1.10. The van der Waals surface area contributed by atoms with Crippen LogP contribution in [0.2, 0.25) is 0 Å². The van der Waals surface area contributed by atoms with E-state index in [9.17, 15) is 0 Å². The Bertz CT molecular complexity index is 394. The zero-order valence-corrected chi connectivity index (χ0v) is 13.2. The average Bonchev–Trinajstić information content (AvgIpc) is 2.82. The molecule has 2 rings (SSSR count). The summed E-state index contributed by atoms with van der Waals surface area (Å²) in [6.45, 7) is 13.3. The van der Waals surface area contributed by atoms with E-state index in [0.717, 1.165) is 37.2 Å². The fraction of sp³-hybridized carbons (Fsp3) is 0.867. The second-order valence-electron chi connectivity index (χ2n) is 6.60. The Morgan fingerprint density at radius 2 is 2.00 bits per heavy atom. The van der Waals surface area contributed by atoms with Crippen molar-refractivity contribution in [3.8, 4) is 0 Å². The van der Waals surface area contributed by atoms with Gasteiger partial charge in [0, 0.05) is 25.6 Å². The third kappa shape index (κ3) is 4.47. The molecule has 1 aromatic heterocycles. The van der Waals surface area contributed by atoms with Crippen LogP contribution in [0.1, 0.15) is 52.3 Å². The molecule has 0 saturated carbocycles. The number of nitrogens with one attached hydrogen (secondary N) is 1. The number of nitrogens with zero attached hydrogens (tertiary/aromatic N) is 3. The van der Waals surface area contributed by atoms with Crippen molar-refractivity contribution >= 4 is 6.01 Å². The molecular weight excluding hydrogens is 252 g/mol. The zero-order valence-electron chi connectivity index (χ0n) is 13.2. The van der Waals surface area contributed by atoms with Gasteiger partial charge in [-0.3, -0.25) is 0 Å². The summed E-state index contributed by atoms with van der Waals surface area (Å²) in [5.41, 5.74) is 0. The molecule has 1 aliphatic heterocycles. The molecule has 2 unspecified atom stereocenters. The first-order valence-electron chi connectivity index (χ1n) is 7.84. The summed E-state index contributed by atoms with van der Waals surface area (Å²) >= 11 is 0. The minimum atomic E-state index is 0.311. The van der Waals surface area contributed by atoms with Crippen molar-refractivity contribution in [2.75, 3.05) is 31.5 Å². The summed E-state index contributed by atoms with van der Waals surface area (Å²) in [5, 5.41) is 7.16. The molecule has 0 aromatic carbocycles. The highest BCUT2D eigenvalue weighted by atomic mass is 16.5. The Kier molecular flexibility index (Phi) is 5.40. The molecule has 0 radical (unpaired) electrons. The first-order valence-corrected chi connectivity index (χ1v) is 7.84. The maximum Gasteiger partial charge on any atom is 0.321 e. The van der Waals surface area contributed by atoms with Crippen molar-refractivity contribution in [2.45, 2.75) is 46.5 Å². The maximum absolute atomic E-state index is 5.17. The normalized spacial score (nSPS) is 24.2. The van der Waals surface area contributed by atoms with E-state index in [1.165, 1.54) is 19.5 Å². The molecule has 1 N–H and O–H groups in total. The Balaban J connectivity index is 1.65. The van der Waals surface area contributed by atoms with Crippen molar-refractivity contribution < 1.29 is 4.52 Å². The quantitative estimate of drug-likeness (QED) is 0.812. The monoisotopic (exact) mass is 280 g/mol. The molecule has 0 bridgehead atoms. The minimum Gasteiger partial charge on any atom is -0.338 e. The molecule has 0 amide bonds. The lowest BCUT2D eigenvalue weighted by molar-refractivity contribution is 0.141. The highest BCUT2D eigenvalue weighted by Crippen LogP contribution is 2.20. The summed E-state index contributed by atoms with van der Waals surface area (Å²) in [7, 11) is 0. The van der Waals surface area contributed by atoms with Crippen LogP contribution < -0.4 is 5.32 Å². The van der Waals surface area contributed by atoms with Gasteiger partial charge in [-0.1, -0.05) is 32.9 Å². The van der Waals surface area contributed by atoms with Crippen LogP contribution in [-0.4, -0.2) is 41.2 Å². The van der Waals surface area contributed by atoms with Crippen LogP contribution in [0.3, 0.4) is 0 Å². The SMILES string of the molecule is CC1CC(C)CN(CCCNc2nc(C(C)C)no2)C1. The Labute approximate surface area is 122 Å². The van der Waals surface area contributed by atoms with Crippen LogP contribution >= 0.6 is 0 Å². The smallest absolute Gasteiger partial charge is 0.321 e. The lowest BCUT2D eigenvalue weighted by Gasteiger charge is -2.34. The molecule has 5 heteroatoms. The second-order valence-corrected chi connectivity index (χ2v) is 6.60. The van der Waals surface area contributed by atoms with Crippen LogP contribution in [0.4, 0.5) is 6.01 Å². The first kappa shape index (κ1) is 15.3. The summed E-state index contributed by atoms with van der Waals surface area (Å²) < 4.78 is 5.17. The van der Waals surface area contributed by atoms with Crippen molar-refractivity contribution in [3.63, 3.8) is 0 Å². The molecular formula is C15H28N4O. The van der Waals surface area contributed by atoms with Crippen molar-refractivity contribution in [1.29, 1.82) is 0 Å². The molecule has 1 saturated heterocycles. The number of aromatic nitrogens is 2. The summed E-state index contributed by atoms with van der Waals surface area (Å²) in [6.07, 6.45) is 2.48. The van der Waals surface area contributed by atoms with Gasteiger partial charge in [0.25, 0.3) is 0 Å². The van der Waals surface area contributed by atoms with Crippen LogP contribution in [-0.2, 0) is 0 Å². The number of hydrogen-bond acceptors (Lipinski definition) is 5. The molecule has 1 fully saturated rings. The minimum absolute atomic E-state index is 0.311. The number of rotatable bonds is 6. The highest BCUT2D eigenvalue weighted by Gasteiger charge is 2.21. The summed E-state index contributed by atoms with van der Waals surface area (Å²) in [6, 6.07) is 0.550. The third-order valence-corrected chi connectivity index (χ3v) is 3.83. The molecule has 1 aromatic rings. The van der Waals surface area contributed by atoms with Crippen molar-refractivity contribution in [3.05, 3.63) is 5.82 Å². The largest absolute Gasteiger partial charge is 0.338 e. The fourth-order valence-electron chi connectivity index (χ4n) is 3.01. The number of likely N-dealkylation sites (tertiary alicyclic amines) is 1. The lowest BCUT2D eigenvalue weighted by Crippen LogP contribution is -2.39.